The van der Waals surface area contributed by atoms with E-state index in [1.54, 1.807) is 39.0 Å². The second-order valence-electron chi connectivity index (χ2n) is 6.20. The summed E-state index contributed by atoms with van der Waals surface area (Å²) >= 11 is 0. The summed E-state index contributed by atoms with van der Waals surface area (Å²) < 4.78 is 26.7. The number of amides is 1. The molecule has 9 heteroatoms. The fraction of sp³-hybridized carbons (Fsp3) is 0.250. The number of aryl methyl sites for hydroxylation is 1. The molecule has 8 nitrogen and oxygen atoms in total. The molecule has 0 aliphatic rings. The van der Waals surface area contributed by atoms with Gasteiger partial charge in [0, 0.05) is 30.9 Å². The van der Waals surface area contributed by atoms with Gasteiger partial charge in [-0.15, -0.1) is 0 Å². The van der Waals surface area contributed by atoms with E-state index in [0.29, 0.717) is 29.9 Å². The molecular formula is C20H23N3O5S. The minimum atomic E-state index is -3.66. The monoisotopic (exact) mass is 417 g/mol. The van der Waals surface area contributed by atoms with Gasteiger partial charge in [0.1, 0.15) is 0 Å². The first-order chi connectivity index (χ1) is 13.7. The lowest BCUT2D eigenvalue weighted by Crippen LogP contribution is -2.30. The van der Waals surface area contributed by atoms with Crippen LogP contribution in [-0.4, -0.2) is 36.6 Å². The summed E-state index contributed by atoms with van der Waals surface area (Å²) in [6, 6.07) is 10.6. The van der Waals surface area contributed by atoms with Gasteiger partial charge in [0.2, 0.25) is 15.9 Å². The Morgan fingerprint density at radius 2 is 1.83 bits per heavy atom. The Morgan fingerprint density at radius 1 is 1.17 bits per heavy atom. The van der Waals surface area contributed by atoms with Crippen molar-refractivity contribution in [3.63, 3.8) is 0 Å². The van der Waals surface area contributed by atoms with Crippen LogP contribution in [0.1, 0.15) is 25.0 Å². The van der Waals surface area contributed by atoms with E-state index in [2.05, 4.69) is 5.32 Å². The number of nitrogens with one attached hydrogen (secondary N) is 1. The molecule has 1 N–H and O–H groups in total. The molecule has 1 amide bonds. The van der Waals surface area contributed by atoms with Crippen molar-refractivity contribution in [2.45, 2.75) is 25.7 Å². The molecule has 0 aliphatic heterocycles. The maximum absolute atomic E-state index is 12.7. The number of sulfonamides is 1. The lowest BCUT2D eigenvalue weighted by molar-refractivity contribution is -0.385. The summed E-state index contributed by atoms with van der Waals surface area (Å²) in [6.45, 7) is 5.94. The van der Waals surface area contributed by atoms with Crippen LogP contribution in [0, 0.1) is 17.0 Å². The number of carbonyl (C=O) groups is 1. The van der Waals surface area contributed by atoms with Crippen LogP contribution in [0.15, 0.2) is 53.4 Å². The van der Waals surface area contributed by atoms with Crippen molar-refractivity contribution >= 4 is 33.4 Å². The van der Waals surface area contributed by atoms with Gasteiger partial charge in [-0.05, 0) is 36.8 Å². The average Bonchev–Trinajstić information content (AvgIpc) is 2.68. The predicted octanol–water partition coefficient (Wildman–Crippen LogP) is 3.59. The zero-order chi connectivity index (χ0) is 21.6. The summed E-state index contributed by atoms with van der Waals surface area (Å²) in [5, 5.41) is 13.7. The molecule has 0 heterocycles. The third kappa shape index (κ3) is 5.27. The van der Waals surface area contributed by atoms with E-state index in [1.807, 2.05) is 0 Å². The number of anilines is 1. The van der Waals surface area contributed by atoms with E-state index in [9.17, 15) is 23.3 Å². The molecule has 2 aromatic carbocycles. The van der Waals surface area contributed by atoms with E-state index in [1.165, 1.54) is 40.7 Å². The molecule has 29 heavy (non-hydrogen) atoms. The maximum atomic E-state index is 12.7. The van der Waals surface area contributed by atoms with E-state index < -0.39 is 20.9 Å². The van der Waals surface area contributed by atoms with Crippen molar-refractivity contribution in [3.05, 3.63) is 69.8 Å². The van der Waals surface area contributed by atoms with Crippen LogP contribution >= 0.6 is 0 Å². The molecule has 0 aliphatic carbocycles. The van der Waals surface area contributed by atoms with Gasteiger partial charge in [-0.2, -0.15) is 4.31 Å². The van der Waals surface area contributed by atoms with Gasteiger partial charge in [0.05, 0.1) is 15.4 Å². The van der Waals surface area contributed by atoms with Gasteiger partial charge in [-0.3, -0.25) is 14.9 Å². The summed E-state index contributed by atoms with van der Waals surface area (Å²) in [6.07, 6.45) is 2.52. The Morgan fingerprint density at radius 3 is 2.45 bits per heavy atom. The van der Waals surface area contributed by atoms with Crippen molar-refractivity contribution in [2.75, 3.05) is 18.4 Å². The van der Waals surface area contributed by atoms with Gasteiger partial charge >= 0.3 is 0 Å². The number of nitro benzene ring substituents is 1. The Hall–Kier alpha value is -3.04. The molecule has 0 saturated carbocycles. The number of carbonyl (C=O) groups excluding carboxylic acids is 1. The van der Waals surface area contributed by atoms with Crippen molar-refractivity contribution < 1.29 is 18.1 Å². The van der Waals surface area contributed by atoms with Crippen molar-refractivity contribution in [3.8, 4) is 0 Å². The van der Waals surface area contributed by atoms with E-state index in [0.717, 1.165) is 0 Å². The smallest absolute Gasteiger partial charge is 0.276 e. The van der Waals surface area contributed by atoms with Crippen LogP contribution in [0.4, 0.5) is 11.4 Å². The largest absolute Gasteiger partial charge is 0.322 e. The zero-order valence-electron chi connectivity index (χ0n) is 16.5. The highest BCUT2D eigenvalue weighted by Crippen LogP contribution is 2.23. The molecule has 0 fully saturated rings. The molecule has 0 unspecified atom stereocenters. The molecule has 0 bridgehead atoms. The summed E-state index contributed by atoms with van der Waals surface area (Å²) in [4.78, 5) is 22.9. The van der Waals surface area contributed by atoms with Crippen molar-refractivity contribution in [1.82, 2.24) is 4.31 Å². The Balaban J connectivity index is 2.26. The summed E-state index contributed by atoms with van der Waals surface area (Å²) in [5.41, 5.74) is 1.23. The first kappa shape index (κ1) is 22.3. The number of nitrogens with zero attached hydrogens (tertiary/aromatic N) is 2. The topological polar surface area (TPSA) is 110 Å². The number of benzene rings is 2. The first-order valence-corrected chi connectivity index (χ1v) is 10.5. The number of nitro groups is 1. The standard InChI is InChI=1S/C20H23N3O5S/c1-4-22(5-2)29(27,28)17-12-10-15(3)18(14-17)21-20(24)13-11-16-8-6-7-9-19(16)23(25)26/h6-14H,4-5H2,1-3H3,(H,21,24)/b13-11+. The lowest BCUT2D eigenvalue weighted by Gasteiger charge is -2.19. The van der Waals surface area contributed by atoms with Crippen LogP contribution in [0.25, 0.3) is 6.08 Å². The van der Waals surface area contributed by atoms with E-state index in [4.69, 9.17) is 0 Å². The van der Waals surface area contributed by atoms with Crippen LogP contribution in [0.3, 0.4) is 0 Å². The lowest BCUT2D eigenvalue weighted by atomic mass is 10.1. The summed E-state index contributed by atoms with van der Waals surface area (Å²) in [5.74, 6) is -0.524. The fourth-order valence-corrected chi connectivity index (χ4v) is 4.23. The third-order valence-corrected chi connectivity index (χ3v) is 6.40. The Labute approximate surface area is 170 Å². The molecule has 0 atom stereocenters. The highest BCUT2D eigenvalue weighted by atomic mass is 32.2. The SMILES string of the molecule is CCN(CC)S(=O)(=O)c1ccc(C)c(NC(=O)/C=C/c2ccccc2[N+](=O)[O-])c1. The first-order valence-electron chi connectivity index (χ1n) is 9.04. The van der Waals surface area contributed by atoms with Crippen LogP contribution in [-0.2, 0) is 14.8 Å². The van der Waals surface area contributed by atoms with Crippen molar-refractivity contribution in [2.24, 2.45) is 0 Å². The minimum absolute atomic E-state index is 0.0878. The normalized spacial score (nSPS) is 11.7. The Kier molecular flexibility index (Phi) is 7.24. The summed E-state index contributed by atoms with van der Waals surface area (Å²) in [7, 11) is -3.66. The van der Waals surface area contributed by atoms with E-state index in [-0.39, 0.29) is 10.6 Å². The molecule has 2 rings (SSSR count). The van der Waals surface area contributed by atoms with Gasteiger partial charge in [0.15, 0.2) is 0 Å². The highest BCUT2D eigenvalue weighted by molar-refractivity contribution is 7.89. The second kappa shape index (κ2) is 9.44. The Bertz CT molecular complexity index is 1040. The molecule has 0 radical (unpaired) electrons. The number of hydrogen-bond acceptors (Lipinski definition) is 5. The highest BCUT2D eigenvalue weighted by Gasteiger charge is 2.22. The molecule has 0 aromatic heterocycles. The number of hydrogen-bond donors (Lipinski definition) is 1. The fourth-order valence-electron chi connectivity index (χ4n) is 2.74. The van der Waals surface area contributed by atoms with Crippen LogP contribution < -0.4 is 5.32 Å². The zero-order valence-corrected chi connectivity index (χ0v) is 17.3. The molecule has 0 saturated heterocycles. The maximum Gasteiger partial charge on any atom is 0.276 e. The van der Waals surface area contributed by atoms with E-state index >= 15 is 0 Å². The second-order valence-corrected chi connectivity index (χ2v) is 8.14. The van der Waals surface area contributed by atoms with Crippen LogP contribution in [0.2, 0.25) is 0 Å². The average molecular weight is 417 g/mol. The van der Waals surface area contributed by atoms with Gasteiger partial charge in [-0.25, -0.2) is 8.42 Å². The number of rotatable bonds is 8. The van der Waals surface area contributed by atoms with Crippen LogP contribution in [0.5, 0.6) is 0 Å². The van der Waals surface area contributed by atoms with Crippen molar-refractivity contribution in [1.29, 1.82) is 0 Å². The molecule has 154 valence electrons. The van der Waals surface area contributed by atoms with Gasteiger partial charge < -0.3 is 5.32 Å². The molecule has 2 aromatic rings. The molecule has 0 spiro atoms. The van der Waals surface area contributed by atoms with Gasteiger partial charge in [0.25, 0.3) is 5.69 Å². The molecular weight excluding hydrogens is 394 g/mol. The quantitative estimate of drug-likeness (QED) is 0.401. The minimum Gasteiger partial charge on any atom is -0.322 e. The predicted molar refractivity (Wildman–Crippen MR) is 112 cm³/mol. The number of para-hydroxylation sites is 1. The third-order valence-electron chi connectivity index (χ3n) is 4.36. The van der Waals surface area contributed by atoms with Gasteiger partial charge in [-0.1, -0.05) is 32.0 Å².